The minimum Gasteiger partial charge on any atom is -0.339 e. The summed E-state index contributed by atoms with van der Waals surface area (Å²) < 4.78 is 0. The number of hydrogen-bond donors (Lipinski definition) is 1. The molecule has 0 aliphatic carbocycles. The minimum absolute atomic E-state index is 0.0192. The van der Waals surface area contributed by atoms with Crippen molar-refractivity contribution in [2.75, 3.05) is 13.1 Å². The molecular weight excluding hydrogens is 258 g/mol. The Balaban J connectivity index is 2.04. The van der Waals surface area contributed by atoms with Crippen molar-refractivity contribution in [1.29, 1.82) is 0 Å². The predicted molar refractivity (Wildman–Crippen MR) is 75.4 cm³/mol. The maximum absolute atomic E-state index is 12.3. The second-order valence-electron chi connectivity index (χ2n) is 5.37. The van der Waals surface area contributed by atoms with Gasteiger partial charge in [-0.15, -0.1) is 0 Å². The van der Waals surface area contributed by atoms with Gasteiger partial charge in [-0.25, -0.2) is 0 Å². The largest absolute Gasteiger partial charge is 0.339 e. The van der Waals surface area contributed by atoms with Crippen molar-refractivity contribution in [3.05, 3.63) is 39.9 Å². The van der Waals surface area contributed by atoms with Crippen LogP contribution in [-0.2, 0) is 11.2 Å². The van der Waals surface area contributed by atoms with Gasteiger partial charge in [0.15, 0.2) is 0 Å². The van der Waals surface area contributed by atoms with Crippen LogP contribution in [-0.4, -0.2) is 40.9 Å². The van der Waals surface area contributed by atoms with Crippen LogP contribution in [0.3, 0.4) is 0 Å². The smallest absolute Gasteiger partial charge is 0.269 e. The van der Waals surface area contributed by atoms with E-state index < -0.39 is 4.92 Å². The van der Waals surface area contributed by atoms with Gasteiger partial charge in [-0.3, -0.25) is 14.9 Å². The number of non-ortho nitro benzene ring substituents is 1. The van der Waals surface area contributed by atoms with Crippen LogP contribution < -0.4 is 5.32 Å². The van der Waals surface area contributed by atoms with Gasteiger partial charge in [-0.05, 0) is 19.4 Å². The molecule has 0 aromatic heterocycles. The van der Waals surface area contributed by atoms with Gasteiger partial charge < -0.3 is 10.2 Å². The number of nitrogens with one attached hydrogen (secondary N) is 1. The van der Waals surface area contributed by atoms with E-state index in [2.05, 4.69) is 5.32 Å². The fourth-order valence-corrected chi connectivity index (χ4v) is 2.60. The molecule has 0 saturated carbocycles. The first-order valence-corrected chi connectivity index (χ1v) is 6.73. The molecular formula is C14H19N3O3. The van der Waals surface area contributed by atoms with E-state index in [-0.39, 0.29) is 30.1 Å². The van der Waals surface area contributed by atoms with Crippen LogP contribution in [0, 0.1) is 10.1 Å². The van der Waals surface area contributed by atoms with E-state index in [0.717, 1.165) is 0 Å². The quantitative estimate of drug-likeness (QED) is 0.668. The minimum atomic E-state index is -0.442. The maximum atomic E-state index is 12.3. The molecule has 20 heavy (non-hydrogen) atoms. The maximum Gasteiger partial charge on any atom is 0.269 e. The standard InChI is InChI=1S/C14H19N3O3/c1-10-8-16(9-11(2)15-10)14(18)7-12-4-3-5-13(6-12)17(19)20/h3-6,10-11,15H,7-9H2,1-2H3. The lowest BCUT2D eigenvalue weighted by molar-refractivity contribution is -0.384. The van der Waals surface area contributed by atoms with Gasteiger partial charge in [-0.1, -0.05) is 12.1 Å². The Bertz CT molecular complexity index is 508. The lowest BCUT2D eigenvalue weighted by Crippen LogP contribution is -2.56. The Morgan fingerprint density at radius 2 is 2.05 bits per heavy atom. The summed E-state index contributed by atoms with van der Waals surface area (Å²) in [6.07, 6.45) is 0.209. The first kappa shape index (κ1) is 14.5. The average molecular weight is 277 g/mol. The second kappa shape index (κ2) is 6.00. The Labute approximate surface area is 117 Å². The van der Waals surface area contributed by atoms with Gasteiger partial charge in [0.05, 0.1) is 11.3 Å². The summed E-state index contributed by atoms with van der Waals surface area (Å²) >= 11 is 0. The molecule has 2 rings (SSSR count). The molecule has 6 heteroatoms. The van der Waals surface area contributed by atoms with Crippen LogP contribution in [0.4, 0.5) is 5.69 Å². The number of nitrogens with zero attached hydrogens (tertiary/aromatic N) is 2. The Kier molecular flexibility index (Phi) is 4.34. The number of nitro groups is 1. The Morgan fingerprint density at radius 3 is 2.65 bits per heavy atom. The van der Waals surface area contributed by atoms with Crippen molar-refractivity contribution >= 4 is 11.6 Å². The molecule has 6 nitrogen and oxygen atoms in total. The summed E-state index contributed by atoms with van der Waals surface area (Å²) in [5.41, 5.74) is 0.709. The van der Waals surface area contributed by atoms with Crippen LogP contribution >= 0.6 is 0 Å². The molecule has 0 radical (unpaired) electrons. The van der Waals surface area contributed by atoms with Gasteiger partial charge >= 0.3 is 0 Å². The number of benzene rings is 1. The van der Waals surface area contributed by atoms with Crippen LogP contribution in [0.2, 0.25) is 0 Å². The van der Waals surface area contributed by atoms with Gasteiger partial charge in [0.1, 0.15) is 0 Å². The number of rotatable bonds is 3. The number of carbonyl (C=O) groups excluding carboxylic acids is 1. The predicted octanol–water partition coefficient (Wildman–Crippen LogP) is 1.35. The summed E-state index contributed by atoms with van der Waals surface area (Å²) in [5, 5.41) is 14.1. The number of nitro benzene ring substituents is 1. The van der Waals surface area contributed by atoms with E-state index in [1.807, 2.05) is 18.7 Å². The summed E-state index contributed by atoms with van der Waals surface area (Å²) in [5.74, 6) is 0.0192. The van der Waals surface area contributed by atoms with Crippen LogP contribution in [0.15, 0.2) is 24.3 Å². The zero-order valence-electron chi connectivity index (χ0n) is 11.7. The first-order chi connectivity index (χ1) is 9.45. The van der Waals surface area contributed by atoms with Crippen molar-refractivity contribution in [3.8, 4) is 0 Å². The third-order valence-electron chi connectivity index (χ3n) is 3.39. The molecule has 1 amide bonds. The van der Waals surface area contributed by atoms with E-state index >= 15 is 0 Å². The molecule has 1 fully saturated rings. The SMILES string of the molecule is CC1CN(C(=O)Cc2cccc([N+](=O)[O-])c2)CC(C)N1. The number of carbonyl (C=O) groups is 1. The Morgan fingerprint density at radius 1 is 1.40 bits per heavy atom. The molecule has 1 aliphatic heterocycles. The summed E-state index contributed by atoms with van der Waals surface area (Å²) in [7, 11) is 0. The van der Waals surface area contributed by atoms with Crippen molar-refractivity contribution in [3.63, 3.8) is 0 Å². The van der Waals surface area contributed by atoms with E-state index in [0.29, 0.717) is 18.7 Å². The van der Waals surface area contributed by atoms with Gasteiger partial charge in [0.2, 0.25) is 5.91 Å². The molecule has 1 aromatic rings. The highest BCUT2D eigenvalue weighted by Gasteiger charge is 2.24. The van der Waals surface area contributed by atoms with Crippen molar-refractivity contribution in [1.82, 2.24) is 10.2 Å². The van der Waals surface area contributed by atoms with Gasteiger partial charge in [0, 0.05) is 37.3 Å². The van der Waals surface area contributed by atoms with E-state index in [4.69, 9.17) is 0 Å². The zero-order chi connectivity index (χ0) is 14.7. The van der Waals surface area contributed by atoms with E-state index in [9.17, 15) is 14.9 Å². The van der Waals surface area contributed by atoms with Crippen LogP contribution in [0.1, 0.15) is 19.4 Å². The molecule has 1 aliphatic rings. The van der Waals surface area contributed by atoms with Crippen LogP contribution in [0.5, 0.6) is 0 Å². The molecule has 0 bridgehead atoms. The summed E-state index contributed by atoms with van der Waals surface area (Å²) in [6, 6.07) is 6.81. The van der Waals surface area contributed by atoms with Crippen LogP contribution in [0.25, 0.3) is 0 Å². The van der Waals surface area contributed by atoms with Crippen molar-refractivity contribution < 1.29 is 9.72 Å². The average Bonchev–Trinajstić information content (AvgIpc) is 2.37. The lowest BCUT2D eigenvalue weighted by atomic mass is 10.1. The lowest BCUT2D eigenvalue weighted by Gasteiger charge is -2.36. The highest BCUT2D eigenvalue weighted by molar-refractivity contribution is 5.79. The highest BCUT2D eigenvalue weighted by Crippen LogP contribution is 2.15. The third kappa shape index (κ3) is 3.54. The molecule has 1 N–H and O–H groups in total. The molecule has 108 valence electrons. The van der Waals surface area contributed by atoms with Crippen molar-refractivity contribution in [2.45, 2.75) is 32.4 Å². The molecule has 1 heterocycles. The summed E-state index contributed by atoms with van der Waals surface area (Å²) in [6.45, 7) is 5.45. The molecule has 2 unspecified atom stereocenters. The highest BCUT2D eigenvalue weighted by atomic mass is 16.6. The fraction of sp³-hybridized carbons (Fsp3) is 0.500. The topological polar surface area (TPSA) is 75.5 Å². The first-order valence-electron chi connectivity index (χ1n) is 6.73. The fourth-order valence-electron chi connectivity index (χ4n) is 2.60. The second-order valence-corrected chi connectivity index (χ2v) is 5.37. The van der Waals surface area contributed by atoms with Gasteiger partial charge in [-0.2, -0.15) is 0 Å². The molecule has 1 aromatic carbocycles. The normalized spacial score (nSPS) is 22.6. The molecule has 2 atom stereocenters. The third-order valence-corrected chi connectivity index (χ3v) is 3.39. The monoisotopic (exact) mass is 277 g/mol. The van der Waals surface area contributed by atoms with E-state index in [1.165, 1.54) is 12.1 Å². The number of amides is 1. The Hall–Kier alpha value is -1.95. The van der Waals surface area contributed by atoms with Crippen molar-refractivity contribution in [2.24, 2.45) is 0 Å². The summed E-state index contributed by atoms with van der Waals surface area (Å²) in [4.78, 5) is 24.4. The van der Waals surface area contributed by atoms with Gasteiger partial charge in [0.25, 0.3) is 5.69 Å². The zero-order valence-corrected chi connectivity index (χ0v) is 11.7. The molecule has 1 saturated heterocycles. The number of hydrogen-bond acceptors (Lipinski definition) is 4. The molecule has 0 spiro atoms. The van der Waals surface area contributed by atoms with E-state index in [1.54, 1.807) is 12.1 Å². The number of piperazine rings is 1.